The van der Waals surface area contributed by atoms with Crippen LogP contribution in [0.15, 0.2) is 47.5 Å². The number of halogens is 1. The number of aryl methyl sites for hydroxylation is 1. The van der Waals surface area contributed by atoms with Crippen LogP contribution in [0.5, 0.6) is 0 Å². The highest BCUT2D eigenvalue weighted by Gasteiger charge is 2.43. The number of anilines is 1. The van der Waals surface area contributed by atoms with Crippen molar-refractivity contribution in [2.24, 2.45) is 0 Å². The quantitative estimate of drug-likeness (QED) is 0.586. The first-order valence-corrected chi connectivity index (χ1v) is 8.77. The van der Waals surface area contributed by atoms with Crippen molar-refractivity contribution in [2.45, 2.75) is 25.4 Å². The average molecular weight is 378 g/mol. The number of aromatic nitrogens is 5. The zero-order valence-electron chi connectivity index (χ0n) is 14.8. The topological polar surface area (TPSA) is 98.2 Å². The van der Waals surface area contributed by atoms with E-state index in [1.165, 1.54) is 6.20 Å². The molecule has 0 saturated heterocycles. The summed E-state index contributed by atoms with van der Waals surface area (Å²) < 4.78 is 20.0. The van der Waals surface area contributed by atoms with Gasteiger partial charge in [-0.2, -0.15) is 4.98 Å². The van der Waals surface area contributed by atoms with Gasteiger partial charge in [-0.1, -0.05) is 17.3 Å². The number of fused-ring (bicyclic) bond motifs is 1. The number of amides is 1. The van der Waals surface area contributed by atoms with Gasteiger partial charge in [-0.3, -0.25) is 14.2 Å². The molecule has 1 amide bonds. The first kappa shape index (κ1) is 16.5. The van der Waals surface area contributed by atoms with Crippen molar-refractivity contribution in [3.8, 4) is 11.4 Å². The highest BCUT2D eigenvalue weighted by molar-refractivity contribution is 6.04. The second kappa shape index (κ2) is 6.22. The summed E-state index contributed by atoms with van der Waals surface area (Å²) in [6.45, 7) is 1.89. The fourth-order valence-corrected chi connectivity index (χ4v) is 3.01. The maximum atomic E-state index is 13.2. The van der Waals surface area contributed by atoms with Gasteiger partial charge in [-0.15, -0.1) is 0 Å². The normalized spacial score (nSPS) is 18.4. The van der Waals surface area contributed by atoms with E-state index in [1.807, 2.05) is 19.1 Å². The fourth-order valence-electron chi connectivity index (χ4n) is 3.01. The van der Waals surface area contributed by atoms with E-state index in [9.17, 15) is 9.18 Å². The van der Waals surface area contributed by atoms with Gasteiger partial charge >= 0.3 is 0 Å². The van der Waals surface area contributed by atoms with Gasteiger partial charge in [0.15, 0.2) is 5.65 Å². The van der Waals surface area contributed by atoms with Crippen molar-refractivity contribution in [3.05, 3.63) is 60.1 Å². The Labute approximate surface area is 158 Å². The molecular weight excluding hydrogens is 363 g/mol. The van der Waals surface area contributed by atoms with Gasteiger partial charge in [0.05, 0.1) is 18.3 Å². The Bertz CT molecular complexity index is 1200. The third-order valence-electron chi connectivity index (χ3n) is 4.77. The number of nitrogens with zero attached hydrogens (tertiary/aromatic N) is 5. The predicted molar refractivity (Wildman–Crippen MR) is 97.7 cm³/mol. The molecule has 0 radical (unpaired) electrons. The van der Waals surface area contributed by atoms with Crippen LogP contribution < -0.4 is 5.32 Å². The minimum absolute atomic E-state index is 0.296. The smallest absolute Gasteiger partial charge is 0.274 e. The van der Waals surface area contributed by atoms with Gasteiger partial charge in [0.2, 0.25) is 11.7 Å². The second-order valence-corrected chi connectivity index (χ2v) is 6.75. The number of hydrogen-bond donors (Lipinski definition) is 1. The molecule has 1 aromatic carbocycles. The Morgan fingerprint density at radius 3 is 3.04 bits per heavy atom. The van der Waals surface area contributed by atoms with Crippen LogP contribution in [-0.2, 0) is 0 Å². The molecule has 8 nitrogen and oxygen atoms in total. The minimum Gasteiger partial charge on any atom is -0.339 e. The van der Waals surface area contributed by atoms with Crippen LogP contribution in [0.4, 0.5) is 10.1 Å². The van der Waals surface area contributed by atoms with Crippen LogP contribution in [0.25, 0.3) is 17.0 Å². The molecule has 0 spiro atoms. The summed E-state index contributed by atoms with van der Waals surface area (Å²) in [5.41, 5.74) is 3.15. The average Bonchev–Trinajstić information content (AvgIpc) is 3.12. The molecule has 0 bridgehead atoms. The highest BCUT2D eigenvalue weighted by Crippen LogP contribution is 2.43. The van der Waals surface area contributed by atoms with Gasteiger partial charge in [-0.25, -0.2) is 9.37 Å². The third kappa shape index (κ3) is 2.81. The molecule has 0 aliphatic heterocycles. The molecule has 1 saturated carbocycles. The van der Waals surface area contributed by atoms with Gasteiger partial charge in [0.1, 0.15) is 11.9 Å². The van der Waals surface area contributed by atoms with Crippen molar-refractivity contribution in [1.29, 1.82) is 0 Å². The zero-order chi connectivity index (χ0) is 19.3. The van der Waals surface area contributed by atoms with Crippen molar-refractivity contribution < 1.29 is 13.7 Å². The van der Waals surface area contributed by atoms with Crippen LogP contribution in [0.3, 0.4) is 0 Å². The van der Waals surface area contributed by atoms with Crippen LogP contribution in [0.2, 0.25) is 0 Å². The number of nitrogens with one attached hydrogen (secondary N) is 1. The largest absolute Gasteiger partial charge is 0.339 e. The summed E-state index contributed by atoms with van der Waals surface area (Å²) in [6.07, 6.45) is 5.87. The highest BCUT2D eigenvalue weighted by atomic mass is 19.1. The number of imidazole rings is 1. The summed E-state index contributed by atoms with van der Waals surface area (Å²) in [5.74, 6) is 0.0833. The number of benzene rings is 1. The Balaban J connectivity index is 1.43. The lowest BCUT2D eigenvalue weighted by Gasteiger charge is -2.09. The molecule has 28 heavy (non-hydrogen) atoms. The maximum Gasteiger partial charge on any atom is 0.274 e. The van der Waals surface area contributed by atoms with Crippen LogP contribution in [-0.4, -0.2) is 36.6 Å². The Morgan fingerprint density at radius 2 is 2.21 bits per heavy atom. The van der Waals surface area contributed by atoms with Crippen molar-refractivity contribution in [3.63, 3.8) is 0 Å². The lowest BCUT2D eigenvalue weighted by molar-refractivity contribution is 0.102. The number of hydrogen-bond acceptors (Lipinski definition) is 6. The predicted octanol–water partition coefficient (Wildman–Crippen LogP) is 3.17. The lowest BCUT2D eigenvalue weighted by atomic mass is 10.1. The van der Waals surface area contributed by atoms with Crippen LogP contribution in [0, 0.1) is 6.92 Å². The molecule has 5 rings (SSSR count). The fraction of sp³-hybridized carbons (Fsp3) is 0.211. The molecule has 3 heterocycles. The van der Waals surface area contributed by atoms with Gasteiger partial charge < -0.3 is 9.84 Å². The number of alkyl halides is 1. The second-order valence-electron chi connectivity index (χ2n) is 6.75. The Kier molecular flexibility index (Phi) is 3.68. The van der Waals surface area contributed by atoms with E-state index in [2.05, 4.69) is 25.4 Å². The van der Waals surface area contributed by atoms with Gasteiger partial charge in [0, 0.05) is 23.6 Å². The maximum absolute atomic E-state index is 13.2. The summed E-state index contributed by atoms with van der Waals surface area (Å²) in [6, 6.07) is 5.46. The monoisotopic (exact) mass is 378 g/mol. The SMILES string of the molecule is Cc1ccc(-c2noc([C@H]3C[C@@H]3F)n2)cc1NC(=O)c1cnc2cnccn12. The first-order chi connectivity index (χ1) is 13.6. The van der Waals surface area contributed by atoms with Crippen molar-refractivity contribution in [1.82, 2.24) is 24.5 Å². The Hall–Kier alpha value is -3.62. The van der Waals surface area contributed by atoms with E-state index in [1.54, 1.807) is 29.1 Å². The summed E-state index contributed by atoms with van der Waals surface area (Å²) in [7, 11) is 0. The van der Waals surface area contributed by atoms with Crippen molar-refractivity contribution in [2.75, 3.05) is 5.32 Å². The molecule has 1 fully saturated rings. The molecule has 140 valence electrons. The van der Waals surface area contributed by atoms with E-state index < -0.39 is 6.17 Å². The molecule has 1 N–H and O–H groups in total. The van der Waals surface area contributed by atoms with E-state index in [0.29, 0.717) is 40.7 Å². The molecule has 3 aromatic heterocycles. The molecular formula is C19H15FN6O2. The number of rotatable bonds is 4. The van der Waals surface area contributed by atoms with E-state index >= 15 is 0 Å². The van der Waals surface area contributed by atoms with Gasteiger partial charge in [-0.05, 0) is 25.0 Å². The zero-order valence-corrected chi connectivity index (χ0v) is 14.8. The molecule has 0 unspecified atom stereocenters. The van der Waals surface area contributed by atoms with Crippen LogP contribution in [0.1, 0.15) is 34.3 Å². The standard InChI is InChI=1S/C19H15FN6O2/c1-10-2-3-11(17-24-19(28-25-17)12-7-13(12)20)6-14(10)23-18(27)15-8-22-16-9-21-4-5-26(15)16/h2-6,8-9,12-13H,7H2,1H3,(H,23,27)/t12-,13-/m0/s1. The molecule has 9 heteroatoms. The van der Waals surface area contributed by atoms with E-state index in [-0.39, 0.29) is 11.8 Å². The third-order valence-corrected chi connectivity index (χ3v) is 4.77. The lowest BCUT2D eigenvalue weighted by Crippen LogP contribution is -2.15. The molecule has 1 aliphatic carbocycles. The van der Waals surface area contributed by atoms with Gasteiger partial charge in [0.25, 0.3) is 5.91 Å². The Morgan fingerprint density at radius 1 is 1.36 bits per heavy atom. The summed E-state index contributed by atoms with van der Waals surface area (Å²) >= 11 is 0. The summed E-state index contributed by atoms with van der Waals surface area (Å²) in [4.78, 5) is 25.2. The minimum atomic E-state index is -0.901. The molecule has 1 aliphatic rings. The van der Waals surface area contributed by atoms with E-state index in [0.717, 1.165) is 5.56 Å². The van der Waals surface area contributed by atoms with Crippen molar-refractivity contribution >= 4 is 17.2 Å². The van der Waals surface area contributed by atoms with Crippen LogP contribution >= 0.6 is 0 Å². The first-order valence-electron chi connectivity index (χ1n) is 8.77. The molecule has 4 aromatic rings. The number of carbonyl (C=O) groups is 1. The van der Waals surface area contributed by atoms with E-state index in [4.69, 9.17) is 4.52 Å². The number of carbonyl (C=O) groups excluding carboxylic acids is 1. The molecule has 2 atom stereocenters. The summed E-state index contributed by atoms with van der Waals surface area (Å²) in [5, 5.41) is 6.83.